The number of carbonyl (C=O) groups is 1. The van der Waals surface area contributed by atoms with Crippen molar-refractivity contribution >= 4 is 5.91 Å². The standard InChI is InChI=1S/C19H23NO3/c1-14-5-4-6-15(2)18(14)13-23-17-9-7-16(8-10-17)19(22)20(3)11-12-21/h4-10,21H,11-13H2,1-3H3. The number of aryl methyl sites for hydroxylation is 2. The number of carbonyl (C=O) groups excluding carboxylic acids is 1. The number of aliphatic hydroxyl groups is 1. The summed E-state index contributed by atoms with van der Waals surface area (Å²) in [5.74, 6) is 0.620. The van der Waals surface area contributed by atoms with Crippen LogP contribution in [0.3, 0.4) is 0 Å². The Bertz CT molecular complexity index is 645. The second kappa shape index (κ2) is 7.79. The lowest BCUT2D eigenvalue weighted by Crippen LogP contribution is -2.29. The zero-order chi connectivity index (χ0) is 16.8. The summed E-state index contributed by atoms with van der Waals surface area (Å²) < 4.78 is 5.83. The lowest BCUT2D eigenvalue weighted by Gasteiger charge is -2.16. The van der Waals surface area contributed by atoms with Crippen molar-refractivity contribution in [2.24, 2.45) is 0 Å². The number of likely N-dealkylation sites (N-methyl/N-ethyl adjacent to an activating group) is 1. The Labute approximate surface area is 137 Å². The van der Waals surface area contributed by atoms with E-state index in [0.29, 0.717) is 18.7 Å². The van der Waals surface area contributed by atoms with Crippen LogP contribution in [0.4, 0.5) is 0 Å². The van der Waals surface area contributed by atoms with Gasteiger partial charge in [0.2, 0.25) is 0 Å². The van der Waals surface area contributed by atoms with Gasteiger partial charge in [-0.15, -0.1) is 0 Å². The van der Waals surface area contributed by atoms with Gasteiger partial charge in [-0.05, 0) is 54.8 Å². The Morgan fingerprint density at radius 2 is 1.70 bits per heavy atom. The van der Waals surface area contributed by atoms with Crippen molar-refractivity contribution in [1.29, 1.82) is 0 Å². The van der Waals surface area contributed by atoms with Gasteiger partial charge in [0, 0.05) is 19.2 Å². The Morgan fingerprint density at radius 1 is 1.09 bits per heavy atom. The van der Waals surface area contributed by atoms with Gasteiger partial charge in [-0.2, -0.15) is 0 Å². The molecule has 23 heavy (non-hydrogen) atoms. The fraction of sp³-hybridized carbons (Fsp3) is 0.316. The summed E-state index contributed by atoms with van der Waals surface area (Å²) in [6, 6.07) is 13.3. The highest BCUT2D eigenvalue weighted by Crippen LogP contribution is 2.18. The normalized spacial score (nSPS) is 10.4. The van der Waals surface area contributed by atoms with Crippen molar-refractivity contribution in [3.05, 3.63) is 64.7 Å². The number of hydrogen-bond acceptors (Lipinski definition) is 3. The number of rotatable bonds is 6. The van der Waals surface area contributed by atoms with Gasteiger partial charge in [0.15, 0.2) is 0 Å². The van der Waals surface area contributed by atoms with Crippen molar-refractivity contribution in [2.75, 3.05) is 20.2 Å². The average molecular weight is 313 g/mol. The number of amides is 1. The highest BCUT2D eigenvalue weighted by molar-refractivity contribution is 5.94. The van der Waals surface area contributed by atoms with E-state index >= 15 is 0 Å². The molecule has 0 aliphatic carbocycles. The lowest BCUT2D eigenvalue weighted by molar-refractivity contribution is 0.0767. The highest BCUT2D eigenvalue weighted by Gasteiger charge is 2.11. The first-order chi connectivity index (χ1) is 11.0. The van der Waals surface area contributed by atoms with E-state index in [2.05, 4.69) is 26.0 Å². The van der Waals surface area contributed by atoms with E-state index in [0.717, 1.165) is 5.75 Å². The minimum Gasteiger partial charge on any atom is -0.489 e. The summed E-state index contributed by atoms with van der Waals surface area (Å²) in [5, 5.41) is 8.89. The summed E-state index contributed by atoms with van der Waals surface area (Å²) in [6.07, 6.45) is 0. The highest BCUT2D eigenvalue weighted by atomic mass is 16.5. The van der Waals surface area contributed by atoms with E-state index in [1.165, 1.54) is 21.6 Å². The fourth-order valence-electron chi connectivity index (χ4n) is 2.40. The van der Waals surface area contributed by atoms with Gasteiger partial charge in [-0.1, -0.05) is 18.2 Å². The van der Waals surface area contributed by atoms with Crippen LogP contribution in [0.25, 0.3) is 0 Å². The van der Waals surface area contributed by atoms with Gasteiger partial charge in [0.1, 0.15) is 12.4 Å². The molecule has 0 radical (unpaired) electrons. The predicted octanol–water partition coefficient (Wildman–Crippen LogP) is 2.95. The number of benzene rings is 2. The Morgan fingerprint density at radius 3 is 2.26 bits per heavy atom. The minimum atomic E-state index is -0.111. The Hall–Kier alpha value is -2.33. The summed E-state index contributed by atoms with van der Waals surface area (Å²) in [7, 11) is 1.67. The van der Waals surface area contributed by atoms with Crippen LogP contribution >= 0.6 is 0 Å². The van der Waals surface area contributed by atoms with E-state index in [1.807, 2.05) is 6.07 Å². The van der Waals surface area contributed by atoms with Crippen LogP contribution in [0.2, 0.25) is 0 Å². The molecule has 4 nitrogen and oxygen atoms in total. The molecule has 0 aromatic heterocycles. The van der Waals surface area contributed by atoms with E-state index in [-0.39, 0.29) is 12.5 Å². The van der Waals surface area contributed by atoms with Gasteiger partial charge in [0.25, 0.3) is 5.91 Å². The van der Waals surface area contributed by atoms with E-state index < -0.39 is 0 Å². The topological polar surface area (TPSA) is 49.8 Å². The first kappa shape index (κ1) is 17.0. The number of ether oxygens (including phenoxy) is 1. The molecule has 0 bridgehead atoms. The van der Waals surface area contributed by atoms with Gasteiger partial charge < -0.3 is 14.7 Å². The van der Waals surface area contributed by atoms with Crippen LogP contribution in [0.1, 0.15) is 27.0 Å². The first-order valence-corrected chi connectivity index (χ1v) is 7.67. The molecule has 1 amide bonds. The van der Waals surface area contributed by atoms with Crippen molar-refractivity contribution < 1.29 is 14.6 Å². The van der Waals surface area contributed by atoms with E-state index in [4.69, 9.17) is 9.84 Å². The quantitative estimate of drug-likeness (QED) is 0.892. The Kier molecular flexibility index (Phi) is 5.77. The molecular formula is C19H23NO3. The van der Waals surface area contributed by atoms with Gasteiger partial charge in [-0.3, -0.25) is 4.79 Å². The molecule has 0 heterocycles. The maximum atomic E-state index is 12.1. The summed E-state index contributed by atoms with van der Waals surface area (Å²) in [4.78, 5) is 13.6. The first-order valence-electron chi connectivity index (χ1n) is 7.67. The Balaban J connectivity index is 2.02. The lowest BCUT2D eigenvalue weighted by atomic mass is 10.0. The summed E-state index contributed by atoms with van der Waals surface area (Å²) >= 11 is 0. The van der Waals surface area contributed by atoms with Crippen LogP contribution in [0.5, 0.6) is 5.75 Å². The molecule has 0 aliphatic rings. The number of nitrogens with zero attached hydrogens (tertiary/aromatic N) is 1. The third-order valence-electron chi connectivity index (χ3n) is 3.91. The average Bonchev–Trinajstić information content (AvgIpc) is 2.54. The van der Waals surface area contributed by atoms with E-state index in [1.54, 1.807) is 31.3 Å². The van der Waals surface area contributed by atoms with Crippen LogP contribution in [0.15, 0.2) is 42.5 Å². The van der Waals surface area contributed by atoms with Crippen LogP contribution < -0.4 is 4.74 Å². The van der Waals surface area contributed by atoms with Gasteiger partial charge >= 0.3 is 0 Å². The zero-order valence-electron chi connectivity index (χ0n) is 13.9. The van der Waals surface area contributed by atoms with Gasteiger partial charge in [-0.25, -0.2) is 0 Å². The summed E-state index contributed by atoms with van der Waals surface area (Å²) in [5.41, 5.74) is 4.19. The zero-order valence-corrected chi connectivity index (χ0v) is 13.9. The summed E-state index contributed by atoms with van der Waals surface area (Å²) in [6.45, 7) is 4.94. The SMILES string of the molecule is Cc1cccc(C)c1COc1ccc(C(=O)N(C)CCO)cc1. The second-order valence-corrected chi connectivity index (χ2v) is 5.63. The molecule has 0 fully saturated rings. The fourth-order valence-corrected chi connectivity index (χ4v) is 2.40. The van der Waals surface area contributed by atoms with Crippen molar-refractivity contribution in [1.82, 2.24) is 4.90 Å². The van der Waals surface area contributed by atoms with Crippen molar-refractivity contribution in [3.63, 3.8) is 0 Å². The van der Waals surface area contributed by atoms with Crippen LogP contribution in [0, 0.1) is 13.8 Å². The van der Waals surface area contributed by atoms with Crippen molar-refractivity contribution in [2.45, 2.75) is 20.5 Å². The maximum absolute atomic E-state index is 12.1. The molecule has 0 spiro atoms. The molecule has 2 aromatic carbocycles. The predicted molar refractivity (Wildman–Crippen MR) is 90.7 cm³/mol. The molecule has 122 valence electrons. The van der Waals surface area contributed by atoms with Gasteiger partial charge in [0.05, 0.1) is 6.61 Å². The molecule has 0 saturated heterocycles. The third-order valence-corrected chi connectivity index (χ3v) is 3.91. The number of aliphatic hydroxyl groups excluding tert-OH is 1. The monoisotopic (exact) mass is 313 g/mol. The molecular weight excluding hydrogens is 290 g/mol. The molecule has 0 aliphatic heterocycles. The second-order valence-electron chi connectivity index (χ2n) is 5.63. The molecule has 2 rings (SSSR count). The largest absolute Gasteiger partial charge is 0.489 e. The molecule has 0 unspecified atom stereocenters. The van der Waals surface area contributed by atoms with Crippen LogP contribution in [-0.2, 0) is 6.61 Å². The smallest absolute Gasteiger partial charge is 0.253 e. The maximum Gasteiger partial charge on any atom is 0.253 e. The van der Waals surface area contributed by atoms with Crippen molar-refractivity contribution in [3.8, 4) is 5.75 Å². The van der Waals surface area contributed by atoms with E-state index in [9.17, 15) is 4.79 Å². The molecule has 4 heteroatoms. The molecule has 0 saturated carbocycles. The number of hydrogen-bond donors (Lipinski definition) is 1. The molecule has 2 aromatic rings. The van der Waals surface area contributed by atoms with Crippen LogP contribution in [-0.4, -0.2) is 36.1 Å². The molecule has 1 N–H and O–H groups in total. The molecule has 0 atom stereocenters. The minimum absolute atomic E-state index is 0.0424. The third kappa shape index (κ3) is 4.33.